The Labute approximate surface area is 176 Å². The van der Waals surface area contributed by atoms with Gasteiger partial charge in [-0.25, -0.2) is 14.8 Å². The number of hydrogen-bond acceptors (Lipinski definition) is 7. The van der Waals surface area contributed by atoms with E-state index in [9.17, 15) is 18.0 Å². The van der Waals surface area contributed by atoms with Gasteiger partial charge in [-0.2, -0.15) is 13.2 Å². The molecule has 12 heteroatoms. The molecule has 1 amide bonds. The van der Waals surface area contributed by atoms with Crippen molar-refractivity contribution in [1.29, 1.82) is 0 Å². The predicted molar refractivity (Wildman–Crippen MR) is 99.0 cm³/mol. The third kappa shape index (κ3) is 4.74. The van der Waals surface area contributed by atoms with E-state index in [4.69, 9.17) is 19.4 Å². The van der Waals surface area contributed by atoms with E-state index in [1.165, 1.54) is 0 Å². The van der Waals surface area contributed by atoms with Crippen molar-refractivity contribution in [2.24, 2.45) is 23.7 Å². The van der Waals surface area contributed by atoms with Gasteiger partial charge in [0.2, 0.25) is 11.9 Å². The van der Waals surface area contributed by atoms with Gasteiger partial charge in [-0.05, 0) is 17.9 Å². The number of ether oxygens (including phenoxy) is 2. The fraction of sp³-hybridized carbons (Fsp3) is 0.684. The molecule has 1 aromatic rings. The number of anilines is 1. The summed E-state index contributed by atoms with van der Waals surface area (Å²) in [7, 11) is 0. The van der Waals surface area contributed by atoms with Crippen molar-refractivity contribution >= 4 is 17.8 Å². The van der Waals surface area contributed by atoms with E-state index in [2.05, 4.69) is 14.9 Å². The smallest absolute Gasteiger partial charge is 0.475 e. The molecule has 3 saturated heterocycles. The Bertz CT molecular complexity index is 801. The lowest BCUT2D eigenvalue weighted by molar-refractivity contribution is -0.192. The summed E-state index contributed by atoms with van der Waals surface area (Å²) >= 11 is 0. The van der Waals surface area contributed by atoms with E-state index in [-0.39, 0.29) is 12.0 Å². The van der Waals surface area contributed by atoms with Gasteiger partial charge in [0.25, 0.3) is 0 Å². The summed E-state index contributed by atoms with van der Waals surface area (Å²) in [5, 5.41) is 7.12. The van der Waals surface area contributed by atoms with Crippen LogP contribution in [0, 0.1) is 23.7 Å². The number of amides is 1. The van der Waals surface area contributed by atoms with Crippen LogP contribution in [0.3, 0.4) is 0 Å². The number of halogens is 3. The number of fused-ring (bicyclic) bond motifs is 2. The van der Waals surface area contributed by atoms with Gasteiger partial charge in [0, 0.05) is 50.4 Å². The zero-order valence-corrected chi connectivity index (χ0v) is 16.6. The molecule has 31 heavy (non-hydrogen) atoms. The van der Waals surface area contributed by atoms with E-state index < -0.39 is 12.1 Å². The zero-order valence-electron chi connectivity index (χ0n) is 16.6. The van der Waals surface area contributed by atoms with Crippen LogP contribution in [0.5, 0.6) is 0 Å². The fourth-order valence-corrected chi connectivity index (χ4v) is 4.53. The van der Waals surface area contributed by atoms with Crippen molar-refractivity contribution in [2.75, 3.05) is 50.9 Å². The number of nitrogens with zero attached hydrogens (tertiary/aromatic N) is 4. The van der Waals surface area contributed by atoms with Crippen LogP contribution in [-0.2, 0) is 19.1 Å². The summed E-state index contributed by atoms with van der Waals surface area (Å²) in [6.07, 6.45) is -1.41. The SMILES string of the molecule is O=C(C1[C@H]2COC[C@@H]12)N1C[C@@H]2CN(c3ncccn3)CCO[C@@H]2C1.O=C(O)C(F)(F)F. The van der Waals surface area contributed by atoms with Crippen LogP contribution in [0.1, 0.15) is 0 Å². The minimum Gasteiger partial charge on any atom is -0.475 e. The van der Waals surface area contributed by atoms with Crippen molar-refractivity contribution in [1.82, 2.24) is 14.9 Å². The van der Waals surface area contributed by atoms with Gasteiger partial charge >= 0.3 is 12.1 Å². The number of hydrogen-bond donors (Lipinski definition) is 1. The second-order valence-electron chi connectivity index (χ2n) is 8.10. The Morgan fingerprint density at radius 2 is 1.74 bits per heavy atom. The Hall–Kier alpha value is -2.47. The van der Waals surface area contributed by atoms with Crippen molar-refractivity contribution in [3.63, 3.8) is 0 Å². The number of alkyl halides is 3. The fourth-order valence-electron chi connectivity index (χ4n) is 4.53. The quantitative estimate of drug-likeness (QED) is 0.710. The van der Waals surface area contributed by atoms with Crippen molar-refractivity contribution in [3.8, 4) is 0 Å². The van der Waals surface area contributed by atoms with Gasteiger partial charge in [-0.3, -0.25) is 4.79 Å². The highest BCUT2D eigenvalue weighted by Gasteiger charge is 2.59. The van der Waals surface area contributed by atoms with Crippen LogP contribution in [0.25, 0.3) is 0 Å². The lowest BCUT2D eigenvalue weighted by Crippen LogP contribution is -2.36. The number of carbonyl (C=O) groups is 2. The molecule has 0 bridgehead atoms. The summed E-state index contributed by atoms with van der Waals surface area (Å²) in [4.78, 5) is 34.6. The molecule has 5 atom stereocenters. The van der Waals surface area contributed by atoms with Gasteiger partial charge in [0.15, 0.2) is 0 Å². The van der Waals surface area contributed by atoms with Crippen LogP contribution in [0.4, 0.5) is 19.1 Å². The first-order valence-corrected chi connectivity index (χ1v) is 10.1. The maximum atomic E-state index is 12.8. The van der Waals surface area contributed by atoms with Crippen LogP contribution in [-0.4, -0.2) is 90.1 Å². The molecule has 1 aliphatic carbocycles. The van der Waals surface area contributed by atoms with Crippen molar-refractivity contribution in [3.05, 3.63) is 18.5 Å². The van der Waals surface area contributed by atoms with E-state index in [1.807, 2.05) is 11.0 Å². The average Bonchev–Trinajstić information content (AvgIpc) is 3.05. The number of rotatable bonds is 2. The second kappa shape index (κ2) is 8.58. The van der Waals surface area contributed by atoms with E-state index in [1.54, 1.807) is 12.4 Å². The van der Waals surface area contributed by atoms with Gasteiger partial charge in [0.05, 0.1) is 25.9 Å². The summed E-state index contributed by atoms with van der Waals surface area (Å²) in [5.74, 6) is -0.221. The lowest BCUT2D eigenvalue weighted by Gasteiger charge is -2.23. The maximum absolute atomic E-state index is 12.8. The average molecular weight is 444 g/mol. The highest BCUT2D eigenvalue weighted by molar-refractivity contribution is 5.83. The molecule has 1 unspecified atom stereocenters. The Morgan fingerprint density at radius 1 is 1.10 bits per heavy atom. The first-order chi connectivity index (χ1) is 14.8. The molecule has 4 heterocycles. The molecule has 9 nitrogen and oxygen atoms in total. The molecule has 0 radical (unpaired) electrons. The minimum absolute atomic E-state index is 0.137. The van der Waals surface area contributed by atoms with E-state index in [0.29, 0.717) is 30.3 Å². The summed E-state index contributed by atoms with van der Waals surface area (Å²) in [6, 6.07) is 1.83. The zero-order chi connectivity index (χ0) is 22.2. The number of carbonyl (C=O) groups excluding carboxylic acids is 1. The monoisotopic (exact) mass is 444 g/mol. The molecular weight excluding hydrogens is 421 g/mol. The Balaban J connectivity index is 0.000000289. The van der Waals surface area contributed by atoms with Crippen LogP contribution >= 0.6 is 0 Å². The predicted octanol–water partition coefficient (Wildman–Crippen LogP) is 0.666. The Morgan fingerprint density at radius 3 is 2.35 bits per heavy atom. The van der Waals surface area contributed by atoms with Gasteiger partial charge in [0.1, 0.15) is 0 Å². The topological polar surface area (TPSA) is 105 Å². The third-order valence-electron chi connectivity index (χ3n) is 6.16. The first kappa shape index (κ1) is 21.8. The minimum atomic E-state index is -5.08. The number of carboxylic acids is 1. The molecule has 4 aliphatic rings. The summed E-state index contributed by atoms with van der Waals surface area (Å²) in [5.41, 5.74) is 0. The number of aromatic nitrogens is 2. The molecule has 0 spiro atoms. The maximum Gasteiger partial charge on any atom is 0.490 e. The van der Waals surface area contributed by atoms with E-state index in [0.717, 1.165) is 45.3 Å². The number of carboxylic acid groups (broad SMARTS) is 1. The molecule has 1 N–H and O–H groups in total. The normalized spacial score (nSPS) is 31.8. The molecule has 4 fully saturated rings. The van der Waals surface area contributed by atoms with Crippen LogP contribution in [0.15, 0.2) is 18.5 Å². The van der Waals surface area contributed by atoms with Crippen LogP contribution in [0.2, 0.25) is 0 Å². The van der Waals surface area contributed by atoms with Gasteiger partial charge in [-0.15, -0.1) is 0 Å². The highest BCUT2D eigenvalue weighted by atomic mass is 19.4. The molecule has 0 aromatic carbocycles. The highest BCUT2D eigenvalue weighted by Crippen LogP contribution is 2.52. The molecule has 1 saturated carbocycles. The molecular formula is C19H23F3N4O5. The standard InChI is InChI=1S/C17H22N4O3.C2HF3O2/c22-16(15-12-9-23-10-13(12)15)21-7-11-6-20(4-5-24-14(11)8-21)17-18-2-1-3-19-17;3-2(4,5)1(6)7/h1-3,11-15H,4-10H2;(H,6,7)/t11-,12-,13+,14+,15?;/m0./s1. The van der Waals surface area contributed by atoms with Crippen molar-refractivity contribution in [2.45, 2.75) is 12.3 Å². The Kier molecular flexibility index (Phi) is 6.02. The third-order valence-corrected chi connectivity index (χ3v) is 6.16. The van der Waals surface area contributed by atoms with E-state index >= 15 is 0 Å². The molecule has 1 aromatic heterocycles. The molecule has 5 rings (SSSR count). The van der Waals surface area contributed by atoms with Gasteiger partial charge < -0.3 is 24.4 Å². The van der Waals surface area contributed by atoms with Crippen LogP contribution < -0.4 is 4.90 Å². The lowest BCUT2D eigenvalue weighted by atomic mass is 10.1. The summed E-state index contributed by atoms with van der Waals surface area (Å²) < 4.78 is 43.2. The molecule has 3 aliphatic heterocycles. The number of aliphatic carboxylic acids is 1. The number of likely N-dealkylation sites (tertiary alicyclic amines) is 1. The van der Waals surface area contributed by atoms with Gasteiger partial charge in [-0.1, -0.05) is 0 Å². The largest absolute Gasteiger partial charge is 0.490 e. The molecule has 170 valence electrons. The second-order valence-corrected chi connectivity index (χ2v) is 8.10. The first-order valence-electron chi connectivity index (χ1n) is 10.1. The van der Waals surface area contributed by atoms with Crippen molar-refractivity contribution < 1.29 is 37.3 Å². The summed E-state index contributed by atoms with van der Waals surface area (Å²) in [6.45, 7) is 5.33.